The van der Waals surface area contributed by atoms with Crippen molar-refractivity contribution in [3.05, 3.63) is 0 Å². The Bertz CT molecular complexity index is 276. The Labute approximate surface area is 95.8 Å². The van der Waals surface area contributed by atoms with Crippen molar-refractivity contribution in [2.45, 2.75) is 38.6 Å². The van der Waals surface area contributed by atoms with Gasteiger partial charge in [-0.1, -0.05) is 13.3 Å². The van der Waals surface area contributed by atoms with Crippen LogP contribution in [0.5, 0.6) is 0 Å². The van der Waals surface area contributed by atoms with Crippen molar-refractivity contribution in [1.82, 2.24) is 10.2 Å². The van der Waals surface area contributed by atoms with Gasteiger partial charge in [0.15, 0.2) is 0 Å². The molecule has 0 saturated carbocycles. The first-order valence-electron chi connectivity index (χ1n) is 5.76. The molecule has 16 heavy (non-hydrogen) atoms. The third kappa shape index (κ3) is 2.95. The molecular weight excluding hydrogens is 208 g/mol. The first-order chi connectivity index (χ1) is 7.49. The summed E-state index contributed by atoms with van der Waals surface area (Å²) in [4.78, 5) is 24.4. The van der Waals surface area contributed by atoms with Crippen LogP contribution >= 0.6 is 0 Å². The summed E-state index contributed by atoms with van der Waals surface area (Å²) in [5.41, 5.74) is -0.991. The molecule has 0 radical (unpaired) electrons. The van der Waals surface area contributed by atoms with Crippen LogP contribution in [0.25, 0.3) is 0 Å². The third-order valence-electron chi connectivity index (χ3n) is 3.06. The van der Waals surface area contributed by atoms with Gasteiger partial charge in [0.2, 0.25) is 5.91 Å². The molecule has 2 N–H and O–H groups in total. The molecule has 1 fully saturated rings. The molecule has 1 aliphatic heterocycles. The number of rotatable bonds is 6. The molecule has 0 aromatic heterocycles. The number of carbonyl (C=O) groups excluding carboxylic acids is 1. The van der Waals surface area contributed by atoms with Gasteiger partial charge in [-0.25, -0.2) is 0 Å². The first kappa shape index (κ1) is 13.0. The highest BCUT2D eigenvalue weighted by molar-refractivity contribution is 5.82. The van der Waals surface area contributed by atoms with Gasteiger partial charge in [0.1, 0.15) is 5.54 Å². The minimum Gasteiger partial charge on any atom is -0.480 e. The van der Waals surface area contributed by atoms with Crippen molar-refractivity contribution < 1.29 is 14.7 Å². The molecule has 0 aliphatic carbocycles. The molecule has 0 aromatic carbocycles. The van der Waals surface area contributed by atoms with Crippen molar-refractivity contribution in [3.63, 3.8) is 0 Å². The van der Waals surface area contributed by atoms with E-state index in [1.54, 1.807) is 11.8 Å². The van der Waals surface area contributed by atoms with E-state index in [2.05, 4.69) is 5.32 Å². The van der Waals surface area contributed by atoms with E-state index in [1.807, 2.05) is 6.92 Å². The van der Waals surface area contributed by atoms with Crippen LogP contribution in [0.1, 0.15) is 33.1 Å². The highest BCUT2D eigenvalue weighted by Crippen LogP contribution is 2.13. The van der Waals surface area contributed by atoms with E-state index in [9.17, 15) is 9.59 Å². The number of hydrogen-bond acceptors (Lipinski definition) is 3. The second-order valence-corrected chi connectivity index (χ2v) is 4.48. The summed E-state index contributed by atoms with van der Waals surface area (Å²) >= 11 is 0. The van der Waals surface area contributed by atoms with Gasteiger partial charge in [0, 0.05) is 13.1 Å². The van der Waals surface area contributed by atoms with E-state index in [0.717, 1.165) is 25.9 Å². The molecular formula is C11H20N2O3. The van der Waals surface area contributed by atoms with Crippen molar-refractivity contribution in [3.8, 4) is 0 Å². The maximum absolute atomic E-state index is 11.6. The third-order valence-corrected chi connectivity index (χ3v) is 3.06. The van der Waals surface area contributed by atoms with E-state index in [0.29, 0.717) is 6.42 Å². The zero-order valence-electron chi connectivity index (χ0n) is 9.95. The average Bonchev–Trinajstić information content (AvgIpc) is 2.12. The predicted octanol–water partition coefficient (Wildman–Crippen LogP) is 0.452. The number of carbonyl (C=O) groups is 2. The molecule has 1 heterocycles. The molecule has 0 spiro atoms. The van der Waals surface area contributed by atoms with Gasteiger partial charge in [0.25, 0.3) is 0 Å². The van der Waals surface area contributed by atoms with Gasteiger partial charge in [-0.15, -0.1) is 0 Å². The average molecular weight is 228 g/mol. The summed E-state index contributed by atoms with van der Waals surface area (Å²) in [7, 11) is 0. The Kier molecular flexibility index (Phi) is 4.29. The van der Waals surface area contributed by atoms with Gasteiger partial charge >= 0.3 is 5.97 Å². The maximum atomic E-state index is 11.6. The monoisotopic (exact) mass is 228 g/mol. The molecule has 0 aromatic rings. The van der Waals surface area contributed by atoms with Gasteiger partial charge in [-0.2, -0.15) is 0 Å². The number of carboxylic acids is 1. The first-order valence-corrected chi connectivity index (χ1v) is 5.76. The summed E-state index contributed by atoms with van der Waals surface area (Å²) in [6, 6.07) is 0. The van der Waals surface area contributed by atoms with Crippen molar-refractivity contribution in [2.75, 3.05) is 19.6 Å². The number of carboxylic acid groups (broad SMARTS) is 1. The molecule has 1 atom stereocenters. The molecule has 1 amide bonds. The minimum atomic E-state index is -0.991. The molecule has 1 unspecified atom stereocenters. The quantitative estimate of drug-likeness (QED) is 0.692. The van der Waals surface area contributed by atoms with Gasteiger partial charge in [-0.05, 0) is 19.8 Å². The lowest BCUT2D eigenvalue weighted by molar-refractivity contribution is -0.145. The second-order valence-electron chi connectivity index (χ2n) is 4.48. The Hall–Kier alpha value is -1.10. The summed E-state index contributed by atoms with van der Waals surface area (Å²) in [5, 5.41) is 12.0. The summed E-state index contributed by atoms with van der Waals surface area (Å²) in [6.45, 7) is 5.28. The molecule has 1 saturated heterocycles. The number of likely N-dealkylation sites (tertiary alicyclic amines) is 1. The van der Waals surface area contributed by atoms with Crippen LogP contribution < -0.4 is 5.32 Å². The summed E-state index contributed by atoms with van der Waals surface area (Å²) in [5.74, 6) is -0.902. The molecule has 1 rings (SSSR count). The van der Waals surface area contributed by atoms with Gasteiger partial charge in [-0.3, -0.25) is 14.9 Å². The number of hydrogen-bond donors (Lipinski definition) is 2. The van der Waals surface area contributed by atoms with E-state index < -0.39 is 11.5 Å². The van der Waals surface area contributed by atoms with E-state index >= 15 is 0 Å². The van der Waals surface area contributed by atoms with E-state index in [1.165, 1.54) is 0 Å². The number of aliphatic carboxylic acids is 1. The Morgan fingerprint density at radius 1 is 1.44 bits per heavy atom. The molecule has 1 aliphatic rings. The Morgan fingerprint density at radius 2 is 2.06 bits per heavy atom. The van der Waals surface area contributed by atoms with Crippen molar-refractivity contribution >= 4 is 11.9 Å². The fraction of sp³-hybridized carbons (Fsp3) is 0.818. The lowest BCUT2D eigenvalue weighted by Gasteiger charge is -2.33. The van der Waals surface area contributed by atoms with Crippen molar-refractivity contribution in [2.24, 2.45) is 0 Å². The summed E-state index contributed by atoms with van der Waals surface area (Å²) < 4.78 is 0. The fourth-order valence-electron chi connectivity index (χ4n) is 1.72. The SMILES string of the molecule is CCCC(C)(NCC(=O)N1CCC1)C(=O)O. The van der Waals surface area contributed by atoms with Crippen LogP contribution in [0, 0.1) is 0 Å². The van der Waals surface area contributed by atoms with E-state index in [-0.39, 0.29) is 12.5 Å². The molecule has 92 valence electrons. The fourth-order valence-corrected chi connectivity index (χ4v) is 1.72. The van der Waals surface area contributed by atoms with Crippen LogP contribution in [-0.4, -0.2) is 47.1 Å². The highest BCUT2D eigenvalue weighted by Gasteiger charge is 2.33. The Balaban J connectivity index is 2.42. The van der Waals surface area contributed by atoms with Crippen LogP contribution in [0.4, 0.5) is 0 Å². The highest BCUT2D eigenvalue weighted by atomic mass is 16.4. The van der Waals surface area contributed by atoms with E-state index in [4.69, 9.17) is 5.11 Å². The molecule has 5 heteroatoms. The minimum absolute atomic E-state index is 0.00479. The van der Waals surface area contributed by atoms with Crippen LogP contribution in [0.2, 0.25) is 0 Å². The topological polar surface area (TPSA) is 69.6 Å². The maximum Gasteiger partial charge on any atom is 0.323 e. The zero-order valence-corrected chi connectivity index (χ0v) is 9.95. The number of nitrogens with zero attached hydrogens (tertiary/aromatic N) is 1. The van der Waals surface area contributed by atoms with Crippen LogP contribution in [-0.2, 0) is 9.59 Å². The Morgan fingerprint density at radius 3 is 2.44 bits per heavy atom. The lowest BCUT2D eigenvalue weighted by atomic mass is 9.96. The van der Waals surface area contributed by atoms with Crippen LogP contribution in [0.15, 0.2) is 0 Å². The van der Waals surface area contributed by atoms with Gasteiger partial charge in [0.05, 0.1) is 6.54 Å². The molecule has 5 nitrogen and oxygen atoms in total. The smallest absolute Gasteiger partial charge is 0.323 e. The number of nitrogens with one attached hydrogen (secondary N) is 1. The van der Waals surface area contributed by atoms with Gasteiger partial charge < -0.3 is 10.0 Å². The van der Waals surface area contributed by atoms with Crippen molar-refractivity contribution in [1.29, 1.82) is 0 Å². The number of amides is 1. The normalized spacial score (nSPS) is 18.8. The molecule has 0 bridgehead atoms. The predicted molar refractivity (Wildman–Crippen MR) is 60.1 cm³/mol. The summed E-state index contributed by atoms with van der Waals surface area (Å²) in [6.07, 6.45) is 2.35. The largest absolute Gasteiger partial charge is 0.480 e. The van der Waals surface area contributed by atoms with Crippen LogP contribution in [0.3, 0.4) is 0 Å². The zero-order chi connectivity index (χ0) is 12.2. The second kappa shape index (κ2) is 5.30. The lowest BCUT2D eigenvalue weighted by Crippen LogP contribution is -2.54. The standard InChI is InChI=1S/C11H20N2O3/c1-3-5-11(2,10(15)16)12-8-9(14)13-6-4-7-13/h12H,3-8H2,1-2H3,(H,15,16).